The number of imidazole rings is 1. The van der Waals surface area contributed by atoms with Gasteiger partial charge in [0.05, 0.1) is 0 Å². The molecule has 0 aliphatic rings. The molecule has 0 aliphatic heterocycles. The molecule has 0 aliphatic carbocycles. The number of carbonyl (C=O) groups excluding carboxylic acids is 1. The van der Waals surface area contributed by atoms with E-state index in [0.29, 0.717) is 19.0 Å². The lowest BCUT2D eigenvalue weighted by Crippen LogP contribution is -2.39. The Morgan fingerprint density at radius 3 is 2.74 bits per heavy atom. The van der Waals surface area contributed by atoms with Gasteiger partial charge < -0.3 is 19.9 Å². The molecule has 2 rings (SSSR count). The van der Waals surface area contributed by atoms with Crippen molar-refractivity contribution in [2.75, 3.05) is 20.3 Å². The van der Waals surface area contributed by atoms with E-state index in [4.69, 9.17) is 4.74 Å². The molecule has 0 fully saturated rings. The first-order valence-electron chi connectivity index (χ1n) is 7.38. The van der Waals surface area contributed by atoms with Gasteiger partial charge in [0.25, 0.3) is 0 Å². The van der Waals surface area contributed by atoms with Gasteiger partial charge >= 0.3 is 6.03 Å². The summed E-state index contributed by atoms with van der Waals surface area (Å²) in [6, 6.07) is 5.24. The highest BCUT2D eigenvalue weighted by Gasteiger charge is 2.20. The maximum Gasteiger partial charge on any atom is 0.315 e. The number of benzene rings is 1. The average Bonchev–Trinajstić information content (AvgIpc) is 2.96. The van der Waals surface area contributed by atoms with Gasteiger partial charge in [-0.2, -0.15) is 0 Å². The van der Waals surface area contributed by atoms with Crippen molar-refractivity contribution in [3.05, 3.63) is 53.9 Å². The molecule has 0 radical (unpaired) electrons. The van der Waals surface area contributed by atoms with Crippen LogP contribution in [0.1, 0.15) is 23.9 Å². The smallest absolute Gasteiger partial charge is 0.315 e. The zero-order chi connectivity index (χ0) is 16.7. The second-order valence-electron chi connectivity index (χ2n) is 5.13. The van der Waals surface area contributed by atoms with Gasteiger partial charge in [0.1, 0.15) is 17.7 Å². The van der Waals surface area contributed by atoms with Gasteiger partial charge in [-0.25, -0.2) is 14.2 Å². The number of ether oxygens (including phenoxy) is 1. The number of urea groups is 1. The Morgan fingerprint density at radius 2 is 2.13 bits per heavy atom. The fourth-order valence-corrected chi connectivity index (χ4v) is 2.21. The largest absolute Gasteiger partial charge is 0.385 e. The number of aryl methyl sites for hydroxylation is 1. The lowest BCUT2D eigenvalue weighted by atomic mass is 10.1. The summed E-state index contributed by atoms with van der Waals surface area (Å²) in [5.41, 5.74) is 0.757. The number of amides is 2. The van der Waals surface area contributed by atoms with Gasteiger partial charge in [-0.15, -0.1) is 0 Å². The second-order valence-corrected chi connectivity index (χ2v) is 5.13. The van der Waals surface area contributed by atoms with E-state index in [0.717, 1.165) is 12.0 Å². The predicted molar refractivity (Wildman–Crippen MR) is 84.5 cm³/mol. The van der Waals surface area contributed by atoms with Crippen LogP contribution in [0.25, 0.3) is 0 Å². The van der Waals surface area contributed by atoms with Crippen molar-refractivity contribution in [3.63, 3.8) is 0 Å². The highest BCUT2D eigenvalue weighted by atomic mass is 19.1. The van der Waals surface area contributed by atoms with Crippen molar-refractivity contribution in [3.8, 4) is 0 Å². The van der Waals surface area contributed by atoms with Crippen LogP contribution in [0.4, 0.5) is 9.18 Å². The van der Waals surface area contributed by atoms with Crippen molar-refractivity contribution in [1.29, 1.82) is 0 Å². The number of hydrogen-bond acceptors (Lipinski definition) is 3. The number of nitrogens with one attached hydrogen (secondary N) is 2. The third kappa shape index (κ3) is 4.79. The number of hydrogen-bond donors (Lipinski definition) is 2. The Hall–Kier alpha value is -2.41. The Balaban J connectivity index is 2.10. The summed E-state index contributed by atoms with van der Waals surface area (Å²) in [5.74, 6) is 0.347. The minimum Gasteiger partial charge on any atom is -0.385 e. The van der Waals surface area contributed by atoms with E-state index in [1.165, 1.54) is 12.1 Å². The second kappa shape index (κ2) is 8.28. The molecular weight excluding hydrogens is 299 g/mol. The summed E-state index contributed by atoms with van der Waals surface area (Å²) in [6.45, 7) is 1.09. The molecule has 1 aromatic heterocycles. The van der Waals surface area contributed by atoms with Crippen LogP contribution in [-0.4, -0.2) is 35.8 Å². The van der Waals surface area contributed by atoms with E-state index in [9.17, 15) is 9.18 Å². The summed E-state index contributed by atoms with van der Waals surface area (Å²) in [7, 11) is 3.46. The van der Waals surface area contributed by atoms with Crippen molar-refractivity contribution < 1.29 is 13.9 Å². The molecule has 0 spiro atoms. The van der Waals surface area contributed by atoms with E-state index < -0.39 is 6.04 Å². The third-order valence-electron chi connectivity index (χ3n) is 3.41. The predicted octanol–water partition coefficient (Wildman–Crippen LogP) is 1.98. The Morgan fingerprint density at radius 1 is 1.39 bits per heavy atom. The summed E-state index contributed by atoms with van der Waals surface area (Å²) < 4.78 is 19.9. The Bertz CT molecular complexity index is 627. The van der Waals surface area contributed by atoms with Crippen LogP contribution in [0.15, 0.2) is 36.7 Å². The third-order valence-corrected chi connectivity index (χ3v) is 3.41. The first-order chi connectivity index (χ1) is 11.1. The standard InChI is InChI=1S/C16H21FN4O2/c1-21-10-9-18-15(21)14(12-4-6-13(17)7-5-12)20-16(22)19-8-3-11-23-2/h4-7,9-10,14H,3,8,11H2,1-2H3,(H2,19,20,22)/t14-/m0/s1. The number of halogens is 1. The van der Waals surface area contributed by atoms with Gasteiger partial charge in [0.2, 0.25) is 0 Å². The normalized spacial score (nSPS) is 12.0. The molecule has 7 heteroatoms. The highest BCUT2D eigenvalue weighted by Crippen LogP contribution is 2.20. The molecule has 0 bridgehead atoms. The zero-order valence-corrected chi connectivity index (χ0v) is 13.3. The fourth-order valence-electron chi connectivity index (χ4n) is 2.21. The molecule has 0 saturated heterocycles. The van der Waals surface area contributed by atoms with E-state index in [1.807, 2.05) is 11.6 Å². The number of nitrogens with zero attached hydrogens (tertiary/aromatic N) is 2. The summed E-state index contributed by atoms with van der Waals surface area (Å²) in [6.07, 6.45) is 4.18. The van der Waals surface area contributed by atoms with Crippen LogP contribution < -0.4 is 10.6 Å². The van der Waals surface area contributed by atoms with E-state index in [2.05, 4.69) is 15.6 Å². The van der Waals surface area contributed by atoms with Crippen molar-refractivity contribution in [1.82, 2.24) is 20.2 Å². The van der Waals surface area contributed by atoms with Crippen LogP contribution in [0.2, 0.25) is 0 Å². The molecule has 2 aromatic rings. The quantitative estimate of drug-likeness (QED) is 0.767. The van der Waals surface area contributed by atoms with Crippen LogP contribution >= 0.6 is 0 Å². The molecule has 23 heavy (non-hydrogen) atoms. The first-order valence-corrected chi connectivity index (χ1v) is 7.38. The summed E-state index contributed by atoms with van der Waals surface area (Å²) in [4.78, 5) is 16.4. The monoisotopic (exact) mass is 320 g/mol. The Labute approximate surface area is 134 Å². The van der Waals surface area contributed by atoms with Crippen LogP contribution in [0, 0.1) is 5.82 Å². The van der Waals surface area contributed by atoms with Crippen molar-refractivity contribution in [2.24, 2.45) is 7.05 Å². The van der Waals surface area contributed by atoms with Crippen LogP contribution in [-0.2, 0) is 11.8 Å². The highest BCUT2D eigenvalue weighted by molar-refractivity contribution is 5.74. The minimum absolute atomic E-state index is 0.307. The van der Waals surface area contributed by atoms with Gasteiger partial charge in [-0.05, 0) is 24.1 Å². The summed E-state index contributed by atoms with van der Waals surface area (Å²) in [5, 5.41) is 5.65. The van der Waals surface area contributed by atoms with Gasteiger partial charge in [0.15, 0.2) is 0 Å². The summed E-state index contributed by atoms with van der Waals surface area (Å²) >= 11 is 0. The lowest BCUT2D eigenvalue weighted by Gasteiger charge is -2.19. The molecule has 1 heterocycles. The van der Waals surface area contributed by atoms with Crippen LogP contribution in [0.3, 0.4) is 0 Å². The molecule has 2 N–H and O–H groups in total. The SMILES string of the molecule is COCCCNC(=O)N[C@@H](c1ccc(F)cc1)c1nccn1C. The number of aromatic nitrogens is 2. The van der Waals surface area contributed by atoms with Gasteiger partial charge in [-0.3, -0.25) is 0 Å². The molecule has 0 unspecified atom stereocenters. The molecule has 1 aromatic carbocycles. The maximum atomic E-state index is 13.1. The molecule has 2 amide bonds. The molecule has 6 nitrogen and oxygen atoms in total. The maximum absolute atomic E-state index is 13.1. The fraction of sp³-hybridized carbons (Fsp3) is 0.375. The van der Waals surface area contributed by atoms with Gasteiger partial charge in [0, 0.05) is 39.7 Å². The number of carbonyl (C=O) groups is 1. The van der Waals surface area contributed by atoms with E-state index >= 15 is 0 Å². The van der Waals surface area contributed by atoms with Crippen LogP contribution in [0.5, 0.6) is 0 Å². The Kier molecular flexibility index (Phi) is 6.10. The number of rotatable bonds is 7. The minimum atomic E-state index is -0.460. The lowest BCUT2D eigenvalue weighted by molar-refractivity contribution is 0.193. The van der Waals surface area contributed by atoms with Crippen molar-refractivity contribution >= 4 is 6.03 Å². The zero-order valence-electron chi connectivity index (χ0n) is 13.3. The molecule has 124 valence electrons. The average molecular weight is 320 g/mol. The molecule has 1 atom stereocenters. The number of methoxy groups -OCH3 is 1. The van der Waals surface area contributed by atoms with Gasteiger partial charge in [-0.1, -0.05) is 12.1 Å². The van der Waals surface area contributed by atoms with E-state index in [1.54, 1.807) is 31.6 Å². The van der Waals surface area contributed by atoms with Crippen molar-refractivity contribution in [2.45, 2.75) is 12.5 Å². The topological polar surface area (TPSA) is 68.2 Å². The molecular formula is C16H21FN4O2. The first kappa shape index (κ1) is 17.0. The van der Waals surface area contributed by atoms with E-state index in [-0.39, 0.29) is 11.8 Å². The molecule has 0 saturated carbocycles.